The Morgan fingerprint density at radius 2 is 1.63 bits per heavy atom. The lowest BCUT2D eigenvalue weighted by Crippen LogP contribution is -2.26. The highest BCUT2D eigenvalue weighted by Gasteiger charge is 2.19. The monoisotopic (exact) mass is 573 g/mol. The Kier molecular flexibility index (Phi) is 8.78. The summed E-state index contributed by atoms with van der Waals surface area (Å²) in [5, 5.41) is 6.07. The van der Waals surface area contributed by atoms with E-state index in [0.717, 1.165) is 25.9 Å². The van der Waals surface area contributed by atoms with Crippen molar-refractivity contribution < 1.29 is 18.6 Å². The summed E-state index contributed by atoms with van der Waals surface area (Å²) in [6.45, 7) is 1.83. The van der Waals surface area contributed by atoms with E-state index in [2.05, 4.69) is 20.0 Å². The van der Waals surface area contributed by atoms with Crippen LogP contribution in [0.4, 0.5) is 11.5 Å². The van der Waals surface area contributed by atoms with Gasteiger partial charge in [-0.25, -0.2) is 9.19 Å². The number of likely N-dealkylation sites (tertiary alicyclic amines) is 1. The number of hydrogen-bond acceptors (Lipinski definition) is 6. The summed E-state index contributed by atoms with van der Waals surface area (Å²) in [6, 6.07) is 13.6. The standard InChI is InChI=1S/C26H25Cl2N5O4S/c1-38(37,32-24(34)16-33-12-2-3-13-33)20-8-4-17(5-9-20)25(35)30-22-10-6-18(27)14-21(22)26(36)31-23-11-7-19(28)15-29-23/h4-11,14-15H,2-3,12-13,16H2,1H3,(H,30,35)(H,29,31,36). The van der Waals surface area contributed by atoms with Crippen LogP contribution in [-0.2, 0) is 14.5 Å². The van der Waals surface area contributed by atoms with Crippen LogP contribution in [0.1, 0.15) is 33.6 Å². The molecule has 38 heavy (non-hydrogen) atoms. The number of anilines is 2. The lowest BCUT2D eigenvalue weighted by Gasteiger charge is -2.13. The minimum Gasteiger partial charge on any atom is -0.321 e. The van der Waals surface area contributed by atoms with Gasteiger partial charge in [0.25, 0.3) is 17.7 Å². The quantitative estimate of drug-likeness (QED) is 0.411. The first-order valence-electron chi connectivity index (χ1n) is 11.7. The van der Waals surface area contributed by atoms with E-state index in [4.69, 9.17) is 23.2 Å². The maximum absolute atomic E-state index is 13.1. The van der Waals surface area contributed by atoms with Crippen molar-refractivity contribution in [2.45, 2.75) is 17.7 Å². The fourth-order valence-corrected chi connectivity index (χ4v) is 5.38. The third-order valence-electron chi connectivity index (χ3n) is 5.83. The molecule has 198 valence electrons. The van der Waals surface area contributed by atoms with Crippen LogP contribution in [0.15, 0.2) is 70.1 Å². The fraction of sp³-hybridized carbons (Fsp3) is 0.231. The molecule has 0 saturated carbocycles. The zero-order valence-electron chi connectivity index (χ0n) is 20.4. The summed E-state index contributed by atoms with van der Waals surface area (Å²) in [7, 11) is -2.97. The molecule has 4 rings (SSSR count). The molecular formula is C26H25Cl2N5O4S. The highest BCUT2D eigenvalue weighted by Crippen LogP contribution is 2.23. The van der Waals surface area contributed by atoms with E-state index in [0.29, 0.717) is 14.9 Å². The molecule has 1 aliphatic heterocycles. The number of carbonyl (C=O) groups is 3. The van der Waals surface area contributed by atoms with Crippen LogP contribution >= 0.6 is 23.2 Å². The van der Waals surface area contributed by atoms with Crippen molar-refractivity contribution in [2.24, 2.45) is 4.36 Å². The maximum Gasteiger partial charge on any atom is 0.268 e. The van der Waals surface area contributed by atoms with Crippen molar-refractivity contribution in [2.75, 3.05) is 36.5 Å². The SMILES string of the molecule is CS(=O)(=NC(=O)CN1CCCC1)c1ccc(C(=O)Nc2ccc(Cl)cc2C(=O)Nc2ccc(Cl)cn2)cc1. The smallest absolute Gasteiger partial charge is 0.268 e. The van der Waals surface area contributed by atoms with Crippen molar-refractivity contribution in [3.63, 3.8) is 0 Å². The van der Waals surface area contributed by atoms with Crippen molar-refractivity contribution in [1.82, 2.24) is 9.88 Å². The maximum atomic E-state index is 13.1. The second-order valence-electron chi connectivity index (χ2n) is 8.75. The number of hydrogen-bond donors (Lipinski definition) is 2. The van der Waals surface area contributed by atoms with Crippen LogP contribution in [0.25, 0.3) is 0 Å². The first-order valence-corrected chi connectivity index (χ1v) is 14.4. The van der Waals surface area contributed by atoms with E-state index < -0.39 is 27.5 Å². The van der Waals surface area contributed by atoms with Crippen molar-refractivity contribution in [1.29, 1.82) is 0 Å². The number of benzene rings is 2. The van der Waals surface area contributed by atoms with E-state index in [9.17, 15) is 18.6 Å². The Labute approximate surface area is 230 Å². The Morgan fingerprint density at radius 3 is 2.29 bits per heavy atom. The van der Waals surface area contributed by atoms with Gasteiger partial charge in [0, 0.05) is 27.9 Å². The van der Waals surface area contributed by atoms with Gasteiger partial charge in [-0.2, -0.15) is 4.36 Å². The molecular weight excluding hydrogens is 549 g/mol. The van der Waals surface area contributed by atoms with Gasteiger partial charge in [-0.15, -0.1) is 0 Å². The Morgan fingerprint density at radius 1 is 0.947 bits per heavy atom. The highest BCUT2D eigenvalue weighted by atomic mass is 35.5. The van der Waals surface area contributed by atoms with Gasteiger partial charge < -0.3 is 10.6 Å². The molecule has 1 fully saturated rings. The van der Waals surface area contributed by atoms with E-state index in [1.807, 2.05) is 4.90 Å². The largest absolute Gasteiger partial charge is 0.321 e. The molecule has 1 aliphatic rings. The second-order valence-corrected chi connectivity index (χ2v) is 11.9. The molecule has 9 nitrogen and oxygen atoms in total. The summed E-state index contributed by atoms with van der Waals surface area (Å²) >= 11 is 11.9. The molecule has 0 radical (unpaired) electrons. The number of carbonyl (C=O) groups excluding carboxylic acids is 3. The van der Waals surface area contributed by atoms with Gasteiger partial charge in [0.1, 0.15) is 5.82 Å². The van der Waals surface area contributed by atoms with E-state index in [1.165, 1.54) is 48.9 Å². The topological polar surface area (TPSA) is 121 Å². The first kappa shape index (κ1) is 27.7. The summed E-state index contributed by atoms with van der Waals surface area (Å²) < 4.78 is 17.0. The summed E-state index contributed by atoms with van der Waals surface area (Å²) in [4.78, 5) is 44.5. The predicted octanol–water partition coefficient (Wildman–Crippen LogP) is 4.97. The Hall–Kier alpha value is -3.31. The normalized spacial score (nSPS) is 14.9. The van der Waals surface area contributed by atoms with Gasteiger partial charge in [-0.1, -0.05) is 23.2 Å². The molecule has 1 atom stereocenters. The number of pyridine rings is 1. The Bertz CT molecular complexity index is 1480. The van der Waals surface area contributed by atoms with Gasteiger partial charge in [-0.05, 0) is 80.5 Å². The summed E-state index contributed by atoms with van der Waals surface area (Å²) in [6.07, 6.45) is 4.88. The third kappa shape index (κ3) is 7.16. The summed E-state index contributed by atoms with van der Waals surface area (Å²) in [5.74, 6) is -1.18. The molecule has 1 unspecified atom stereocenters. The van der Waals surface area contributed by atoms with Crippen LogP contribution in [0, 0.1) is 0 Å². The number of nitrogens with one attached hydrogen (secondary N) is 2. The molecule has 12 heteroatoms. The van der Waals surface area contributed by atoms with Crippen LogP contribution in [0.2, 0.25) is 10.0 Å². The van der Waals surface area contributed by atoms with Gasteiger partial charge in [-0.3, -0.25) is 19.3 Å². The zero-order chi connectivity index (χ0) is 27.3. The number of nitrogens with zero attached hydrogens (tertiary/aromatic N) is 3. The average molecular weight is 574 g/mol. The van der Waals surface area contributed by atoms with Crippen molar-refractivity contribution in [3.05, 3.63) is 82.0 Å². The molecule has 3 aromatic rings. The van der Waals surface area contributed by atoms with Crippen LogP contribution < -0.4 is 10.6 Å². The minimum absolute atomic E-state index is 0.131. The molecule has 2 N–H and O–H groups in total. The third-order valence-corrected chi connectivity index (χ3v) is 7.99. The molecule has 0 spiro atoms. The number of aromatic nitrogens is 1. The molecule has 1 saturated heterocycles. The van der Waals surface area contributed by atoms with Crippen molar-refractivity contribution >= 4 is 62.2 Å². The van der Waals surface area contributed by atoms with Gasteiger partial charge in [0.05, 0.1) is 32.5 Å². The average Bonchev–Trinajstić information content (AvgIpc) is 3.39. The number of halogens is 2. The molecule has 3 amide bonds. The predicted molar refractivity (Wildman–Crippen MR) is 148 cm³/mol. The van der Waals surface area contributed by atoms with Gasteiger partial charge in [0.2, 0.25) is 0 Å². The molecule has 0 bridgehead atoms. The number of amides is 3. The lowest BCUT2D eigenvalue weighted by molar-refractivity contribution is -0.118. The van der Waals surface area contributed by atoms with Gasteiger partial charge in [0.15, 0.2) is 0 Å². The van der Waals surface area contributed by atoms with E-state index in [-0.39, 0.29) is 29.2 Å². The molecule has 0 aliphatic carbocycles. The molecule has 2 heterocycles. The van der Waals surface area contributed by atoms with Gasteiger partial charge >= 0.3 is 0 Å². The van der Waals surface area contributed by atoms with Crippen molar-refractivity contribution in [3.8, 4) is 0 Å². The molecule has 1 aromatic heterocycles. The van der Waals surface area contributed by atoms with Crippen LogP contribution in [0.3, 0.4) is 0 Å². The Balaban J connectivity index is 1.47. The lowest BCUT2D eigenvalue weighted by atomic mass is 10.1. The second kappa shape index (κ2) is 12.0. The first-order chi connectivity index (χ1) is 18.1. The summed E-state index contributed by atoms with van der Waals surface area (Å²) in [5.41, 5.74) is 0.621. The fourth-order valence-electron chi connectivity index (χ4n) is 3.91. The zero-order valence-corrected chi connectivity index (χ0v) is 22.8. The van der Waals surface area contributed by atoms with Crippen LogP contribution in [-0.4, -0.2) is 57.7 Å². The van der Waals surface area contributed by atoms with E-state index >= 15 is 0 Å². The number of rotatable bonds is 7. The van der Waals surface area contributed by atoms with Crippen LogP contribution in [0.5, 0.6) is 0 Å². The minimum atomic E-state index is -2.97. The molecule has 2 aromatic carbocycles. The van der Waals surface area contributed by atoms with E-state index in [1.54, 1.807) is 18.2 Å². The highest BCUT2D eigenvalue weighted by molar-refractivity contribution is 7.93.